The maximum absolute atomic E-state index is 2.48. The molecule has 0 spiro atoms. The molecule has 60 heavy (non-hydrogen) atoms. The molecular formula is C58H40N2. The van der Waals surface area contributed by atoms with Gasteiger partial charge >= 0.3 is 0 Å². The van der Waals surface area contributed by atoms with Crippen LogP contribution in [0.15, 0.2) is 243 Å². The van der Waals surface area contributed by atoms with Gasteiger partial charge in [-0.25, -0.2) is 0 Å². The third kappa shape index (κ3) is 6.23. The van der Waals surface area contributed by atoms with Crippen molar-refractivity contribution in [3.8, 4) is 50.2 Å². The monoisotopic (exact) mass is 764 g/mol. The van der Waals surface area contributed by atoms with E-state index in [1.54, 1.807) is 0 Å². The van der Waals surface area contributed by atoms with E-state index in [1.165, 1.54) is 71.6 Å². The lowest BCUT2D eigenvalue weighted by atomic mass is 9.93. The van der Waals surface area contributed by atoms with Gasteiger partial charge < -0.3 is 9.47 Å². The number of fused-ring (bicyclic) bond motifs is 4. The van der Waals surface area contributed by atoms with Crippen LogP contribution in [-0.4, -0.2) is 4.57 Å². The van der Waals surface area contributed by atoms with E-state index in [1.807, 2.05) is 0 Å². The van der Waals surface area contributed by atoms with Gasteiger partial charge in [-0.05, 0) is 92.7 Å². The first-order valence-corrected chi connectivity index (χ1v) is 20.6. The Morgan fingerprint density at radius 1 is 0.300 bits per heavy atom. The zero-order valence-electron chi connectivity index (χ0n) is 33.0. The number of para-hydroxylation sites is 1. The molecule has 0 saturated heterocycles. The highest BCUT2D eigenvalue weighted by Crippen LogP contribution is 2.46. The summed E-state index contributed by atoms with van der Waals surface area (Å²) in [6, 6.07) is 88.0. The molecule has 1 heterocycles. The zero-order chi connectivity index (χ0) is 39.8. The quantitative estimate of drug-likeness (QED) is 0.150. The minimum absolute atomic E-state index is 1.08. The molecule has 0 fully saturated rings. The Balaban J connectivity index is 1.20. The summed E-state index contributed by atoms with van der Waals surface area (Å²) in [5.74, 6) is 0. The lowest BCUT2D eigenvalue weighted by Crippen LogP contribution is -2.11. The van der Waals surface area contributed by atoms with Crippen molar-refractivity contribution in [3.63, 3.8) is 0 Å². The average molecular weight is 765 g/mol. The van der Waals surface area contributed by atoms with E-state index in [-0.39, 0.29) is 0 Å². The van der Waals surface area contributed by atoms with Crippen molar-refractivity contribution in [2.75, 3.05) is 4.90 Å². The van der Waals surface area contributed by atoms with Crippen LogP contribution in [0.4, 0.5) is 17.1 Å². The number of anilines is 3. The third-order valence-electron chi connectivity index (χ3n) is 11.8. The van der Waals surface area contributed by atoms with Crippen molar-refractivity contribution in [3.05, 3.63) is 243 Å². The van der Waals surface area contributed by atoms with E-state index in [0.717, 1.165) is 28.3 Å². The van der Waals surface area contributed by atoms with E-state index in [9.17, 15) is 0 Å². The maximum Gasteiger partial charge on any atom is 0.0562 e. The number of aromatic nitrogens is 1. The van der Waals surface area contributed by atoms with Gasteiger partial charge in [-0.2, -0.15) is 0 Å². The topological polar surface area (TPSA) is 8.17 Å². The number of hydrogen-bond donors (Lipinski definition) is 0. The van der Waals surface area contributed by atoms with Gasteiger partial charge in [-0.1, -0.05) is 194 Å². The molecule has 0 saturated carbocycles. The Labute approximate surface area is 350 Å². The predicted molar refractivity (Wildman–Crippen MR) is 255 cm³/mol. The molecular weight excluding hydrogens is 725 g/mol. The molecule has 0 aliphatic rings. The second-order valence-corrected chi connectivity index (χ2v) is 15.3. The molecule has 0 N–H and O–H groups in total. The first-order valence-electron chi connectivity index (χ1n) is 20.6. The summed E-state index contributed by atoms with van der Waals surface area (Å²) < 4.78 is 2.48. The lowest BCUT2D eigenvalue weighted by Gasteiger charge is -2.29. The van der Waals surface area contributed by atoms with Crippen molar-refractivity contribution in [1.29, 1.82) is 0 Å². The highest BCUT2D eigenvalue weighted by molar-refractivity contribution is 6.12. The Morgan fingerprint density at radius 3 is 1.50 bits per heavy atom. The van der Waals surface area contributed by atoms with E-state index in [2.05, 4.69) is 252 Å². The van der Waals surface area contributed by atoms with Crippen LogP contribution >= 0.6 is 0 Å². The second-order valence-electron chi connectivity index (χ2n) is 15.3. The Kier molecular flexibility index (Phi) is 8.87. The number of nitrogens with zero attached hydrogens (tertiary/aromatic N) is 2. The number of hydrogen-bond acceptors (Lipinski definition) is 1. The van der Waals surface area contributed by atoms with Crippen LogP contribution in [0.2, 0.25) is 0 Å². The molecule has 11 aromatic rings. The average Bonchev–Trinajstić information content (AvgIpc) is 3.66. The van der Waals surface area contributed by atoms with Crippen LogP contribution in [0.5, 0.6) is 0 Å². The van der Waals surface area contributed by atoms with Crippen molar-refractivity contribution in [1.82, 2.24) is 4.57 Å². The number of benzene rings is 10. The van der Waals surface area contributed by atoms with Gasteiger partial charge in [0.05, 0.1) is 22.4 Å². The van der Waals surface area contributed by atoms with E-state index in [0.29, 0.717) is 0 Å². The summed E-state index contributed by atoms with van der Waals surface area (Å²) in [6.07, 6.45) is 0. The molecule has 282 valence electrons. The maximum atomic E-state index is 2.48. The summed E-state index contributed by atoms with van der Waals surface area (Å²) in [7, 11) is 0. The molecule has 0 radical (unpaired) electrons. The fourth-order valence-corrected chi connectivity index (χ4v) is 8.97. The Hall–Kier alpha value is -7.94. The molecule has 2 nitrogen and oxygen atoms in total. The van der Waals surface area contributed by atoms with E-state index < -0.39 is 0 Å². The summed E-state index contributed by atoms with van der Waals surface area (Å²) >= 11 is 0. The Morgan fingerprint density at radius 2 is 0.817 bits per heavy atom. The van der Waals surface area contributed by atoms with Crippen molar-refractivity contribution in [2.45, 2.75) is 0 Å². The van der Waals surface area contributed by atoms with Crippen LogP contribution in [0.3, 0.4) is 0 Å². The predicted octanol–water partition coefficient (Wildman–Crippen LogP) is 16.1. The van der Waals surface area contributed by atoms with E-state index >= 15 is 0 Å². The van der Waals surface area contributed by atoms with Crippen LogP contribution < -0.4 is 4.90 Å². The molecule has 1 aromatic heterocycles. The van der Waals surface area contributed by atoms with Gasteiger partial charge in [0.25, 0.3) is 0 Å². The molecule has 0 atom stereocenters. The van der Waals surface area contributed by atoms with Gasteiger partial charge in [-0.15, -0.1) is 0 Å². The van der Waals surface area contributed by atoms with Crippen molar-refractivity contribution < 1.29 is 0 Å². The van der Waals surface area contributed by atoms with E-state index in [4.69, 9.17) is 0 Å². The summed E-state index contributed by atoms with van der Waals surface area (Å²) in [5.41, 5.74) is 16.2. The molecule has 0 bridgehead atoms. The van der Waals surface area contributed by atoms with Gasteiger partial charge in [0.15, 0.2) is 0 Å². The minimum atomic E-state index is 1.08. The van der Waals surface area contributed by atoms with Crippen molar-refractivity contribution in [2.24, 2.45) is 0 Å². The van der Waals surface area contributed by atoms with Gasteiger partial charge in [0, 0.05) is 33.3 Å². The molecule has 10 aromatic carbocycles. The summed E-state index contributed by atoms with van der Waals surface area (Å²) in [6.45, 7) is 0. The SMILES string of the molecule is c1ccc(-c2ccc(N(c3ccc4c5ccccc5n(-c5cccc(-c6ccccc6)c5-c5ccccc5)c4c3)c3cc4ccccc4cc3-c3ccccc3)cc2)cc1. The number of rotatable bonds is 8. The van der Waals surface area contributed by atoms with Gasteiger partial charge in [0.2, 0.25) is 0 Å². The van der Waals surface area contributed by atoms with Gasteiger partial charge in [-0.3, -0.25) is 0 Å². The standard InChI is InChI=1S/C58H40N2/c1-5-18-41(19-6-1)42-32-34-48(35-33-42)59(56-39-47-27-14-13-26-46(47)38-53(56)44-22-9-3-10-23-44)49-36-37-52-51-28-15-16-30-54(51)60(57(52)40-49)55-31-17-29-50(43-20-7-2-8-21-43)58(55)45-24-11-4-12-25-45/h1-40H. The molecule has 2 heteroatoms. The smallest absolute Gasteiger partial charge is 0.0562 e. The van der Waals surface area contributed by atoms with Crippen LogP contribution in [0, 0.1) is 0 Å². The summed E-state index contributed by atoms with van der Waals surface area (Å²) in [5, 5.41) is 4.83. The fraction of sp³-hybridized carbons (Fsp3) is 0. The highest BCUT2D eigenvalue weighted by Gasteiger charge is 2.23. The largest absolute Gasteiger partial charge is 0.310 e. The fourth-order valence-electron chi connectivity index (χ4n) is 8.97. The first-order chi connectivity index (χ1) is 29.8. The zero-order valence-corrected chi connectivity index (χ0v) is 33.0. The minimum Gasteiger partial charge on any atom is -0.310 e. The van der Waals surface area contributed by atoms with Crippen LogP contribution in [0.1, 0.15) is 0 Å². The highest BCUT2D eigenvalue weighted by atomic mass is 15.1. The lowest BCUT2D eigenvalue weighted by molar-refractivity contribution is 1.18. The summed E-state index contributed by atoms with van der Waals surface area (Å²) in [4.78, 5) is 2.45. The normalized spacial score (nSPS) is 11.3. The van der Waals surface area contributed by atoms with Crippen LogP contribution in [0.25, 0.3) is 82.8 Å². The molecule has 0 aliphatic carbocycles. The molecule has 0 amide bonds. The molecule has 0 unspecified atom stereocenters. The Bertz CT molecular complexity index is 3280. The van der Waals surface area contributed by atoms with Crippen molar-refractivity contribution >= 4 is 49.6 Å². The first kappa shape index (κ1) is 35.2. The molecule has 11 rings (SSSR count). The van der Waals surface area contributed by atoms with Gasteiger partial charge in [0.1, 0.15) is 0 Å². The molecule has 0 aliphatic heterocycles. The third-order valence-corrected chi connectivity index (χ3v) is 11.8. The second kappa shape index (κ2) is 15.1. The van der Waals surface area contributed by atoms with Crippen LogP contribution in [-0.2, 0) is 0 Å².